The smallest absolute Gasteiger partial charge is 0.404 e. The second-order valence-electron chi connectivity index (χ2n) is 6.91. The van der Waals surface area contributed by atoms with E-state index >= 15 is 0 Å². The van der Waals surface area contributed by atoms with Crippen molar-refractivity contribution in [1.82, 2.24) is 10.6 Å². The molecule has 132 valence electrons. The molecule has 1 aromatic rings. The van der Waals surface area contributed by atoms with E-state index < -0.39 is 6.09 Å². The van der Waals surface area contributed by atoms with Crippen LogP contribution in [0.4, 0.5) is 4.79 Å². The standard InChI is InChI=1S/C19H26N2O2.ClH/c1-13(11-14-5-3-2-4-6-14)17-12-18(17)20-15-7-9-16(10-8-15)21-19(22)23;/h2-6,11,15-18,20-21H,7-10,12H2,1H3,(H,22,23);1H/t15?,16?,17-,18+;/m0./s1. The molecule has 0 bridgehead atoms. The van der Waals surface area contributed by atoms with Crippen molar-refractivity contribution >= 4 is 24.6 Å². The molecule has 0 saturated heterocycles. The van der Waals surface area contributed by atoms with Gasteiger partial charge in [-0.25, -0.2) is 4.79 Å². The molecular formula is C19H27ClN2O2. The van der Waals surface area contributed by atoms with E-state index in [0.717, 1.165) is 25.7 Å². The highest BCUT2D eigenvalue weighted by molar-refractivity contribution is 5.85. The lowest BCUT2D eigenvalue weighted by molar-refractivity contribution is 0.183. The van der Waals surface area contributed by atoms with Gasteiger partial charge in [0.15, 0.2) is 0 Å². The summed E-state index contributed by atoms with van der Waals surface area (Å²) in [5.41, 5.74) is 2.73. The number of rotatable bonds is 5. The molecule has 3 N–H and O–H groups in total. The number of benzene rings is 1. The van der Waals surface area contributed by atoms with Crippen molar-refractivity contribution < 1.29 is 9.90 Å². The summed E-state index contributed by atoms with van der Waals surface area (Å²) in [6.45, 7) is 2.23. The Labute approximate surface area is 150 Å². The Morgan fingerprint density at radius 2 is 1.75 bits per heavy atom. The second kappa shape index (κ2) is 8.54. The molecule has 5 heteroatoms. The van der Waals surface area contributed by atoms with E-state index in [1.807, 2.05) is 6.07 Å². The first-order valence-electron chi connectivity index (χ1n) is 8.60. The number of amides is 1. The third-order valence-electron chi connectivity index (χ3n) is 5.07. The molecule has 0 aliphatic heterocycles. The topological polar surface area (TPSA) is 61.4 Å². The number of halogens is 1. The highest BCUT2D eigenvalue weighted by Gasteiger charge is 2.39. The Morgan fingerprint density at radius 3 is 2.38 bits per heavy atom. The maximum atomic E-state index is 10.7. The average Bonchev–Trinajstić information content (AvgIpc) is 3.29. The van der Waals surface area contributed by atoms with Crippen molar-refractivity contribution in [2.24, 2.45) is 5.92 Å². The van der Waals surface area contributed by atoms with Crippen LogP contribution in [0.5, 0.6) is 0 Å². The van der Waals surface area contributed by atoms with Crippen LogP contribution >= 0.6 is 12.4 Å². The molecule has 4 nitrogen and oxygen atoms in total. The van der Waals surface area contributed by atoms with Gasteiger partial charge in [0.1, 0.15) is 0 Å². The van der Waals surface area contributed by atoms with Crippen LogP contribution in [0, 0.1) is 5.92 Å². The molecule has 0 unspecified atom stereocenters. The molecule has 1 amide bonds. The predicted molar refractivity (Wildman–Crippen MR) is 99.6 cm³/mol. The molecule has 2 aliphatic carbocycles. The zero-order valence-corrected chi connectivity index (χ0v) is 14.9. The summed E-state index contributed by atoms with van der Waals surface area (Å²) in [5.74, 6) is 0.657. The van der Waals surface area contributed by atoms with Gasteiger partial charge in [-0.15, -0.1) is 12.4 Å². The third kappa shape index (κ3) is 5.25. The summed E-state index contributed by atoms with van der Waals surface area (Å²) in [4.78, 5) is 10.7. The van der Waals surface area contributed by atoms with Gasteiger partial charge >= 0.3 is 6.09 Å². The van der Waals surface area contributed by atoms with Crippen LogP contribution in [-0.4, -0.2) is 29.3 Å². The monoisotopic (exact) mass is 350 g/mol. The van der Waals surface area contributed by atoms with Gasteiger partial charge in [0.05, 0.1) is 0 Å². The second-order valence-corrected chi connectivity index (χ2v) is 6.91. The van der Waals surface area contributed by atoms with Crippen molar-refractivity contribution in [3.05, 3.63) is 41.5 Å². The molecule has 0 spiro atoms. The van der Waals surface area contributed by atoms with Crippen LogP contribution in [0.15, 0.2) is 35.9 Å². The summed E-state index contributed by atoms with van der Waals surface area (Å²) in [6.07, 6.45) is 6.64. The Bertz CT molecular complexity index is 568. The summed E-state index contributed by atoms with van der Waals surface area (Å²) < 4.78 is 0. The molecule has 0 heterocycles. The first kappa shape index (κ1) is 18.8. The van der Waals surface area contributed by atoms with Crippen LogP contribution < -0.4 is 10.6 Å². The largest absolute Gasteiger partial charge is 0.465 e. The fourth-order valence-electron chi connectivity index (χ4n) is 3.68. The number of carboxylic acid groups (broad SMARTS) is 1. The molecule has 2 saturated carbocycles. The number of nitrogens with one attached hydrogen (secondary N) is 2. The van der Waals surface area contributed by atoms with Crippen molar-refractivity contribution in [2.45, 2.75) is 57.2 Å². The summed E-state index contributed by atoms with van der Waals surface area (Å²) in [7, 11) is 0. The first-order chi connectivity index (χ1) is 11.1. The van der Waals surface area contributed by atoms with Gasteiger partial charge in [-0.05, 0) is 50.5 Å². The molecular weight excluding hydrogens is 324 g/mol. The first-order valence-corrected chi connectivity index (χ1v) is 8.60. The normalized spacial score (nSPS) is 29.5. The van der Waals surface area contributed by atoms with Crippen LogP contribution in [0.25, 0.3) is 6.08 Å². The third-order valence-corrected chi connectivity index (χ3v) is 5.07. The summed E-state index contributed by atoms with van der Waals surface area (Å²) in [6, 6.07) is 11.8. The minimum Gasteiger partial charge on any atom is -0.465 e. The van der Waals surface area contributed by atoms with Crippen molar-refractivity contribution in [3.8, 4) is 0 Å². The Balaban J connectivity index is 0.00000208. The fraction of sp³-hybridized carbons (Fsp3) is 0.526. The Hall–Kier alpha value is -1.52. The van der Waals surface area contributed by atoms with Gasteiger partial charge in [0.25, 0.3) is 0 Å². The van der Waals surface area contributed by atoms with Gasteiger partial charge in [0.2, 0.25) is 0 Å². The SMILES string of the molecule is CC(=Cc1ccccc1)[C@@H]1C[C@H]1NC1CCC(NC(=O)O)CC1.Cl. The zero-order valence-electron chi connectivity index (χ0n) is 14.1. The molecule has 0 radical (unpaired) electrons. The van der Waals surface area contributed by atoms with E-state index in [9.17, 15) is 4.79 Å². The van der Waals surface area contributed by atoms with E-state index in [-0.39, 0.29) is 18.4 Å². The van der Waals surface area contributed by atoms with Gasteiger partial charge < -0.3 is 15.7 Å². The van der Waals surface area contributed by atoms with Crippen molar-refractivity contribution in [1.29, 1.82) is 0 Å². The van der Waals surface area contributed by atoms with Crippen LogP contribution in [0.1, 0.15) is 44.6 Å². The Kier molecular flexibility index (Phi) is 6.69. The lowest BCUT2D eigenvalue weighted by atomic mass is 9.91. The lowest BCUT2D eigenvalue weighted by Gasteiger charge is -2.29. The van der Waals surface area contributed by atoms with Crippen molar-refractivity contribution in [3.63, 3.8) is 0 Å². The average molecular weight is 351 g/mol. The molecule has 3 rings (SSSR count). The zero-order chi connectivity index (χ0) is 16.2. The number of carbonyl (C=O) groups is 1. The molecule has 1 aromatic carbocycles. The summed E-state index contributed by atoms with van der Waals surface area (Å²) in [5, 5.41) is 15.1. The molecule has 2 atom stereocenters. The molecule has 2 aliphatic rings. The van der Waals surface area contributed by atoms with E-state index in [4.69, 9.17) is 5.11 Å². The highest BCUT2D eigenvalue weighted by atomic mass is 35.5. The molecule has 2 fully saturated rings. The van der Waals surface area contributed by atoms with E-state index in [2.05, 4.69) is 47.9 Å². The van der Waals surface area contributed by atoms with Crippen molar-refractivity contribution in [2.75, 3.05) is 0 Å². The number of hydrogen-bond acceptors (Lipinski definition) is 2. The summed E-state index contributed by atoms with van der Waals surface area (Å²) >= 11 is 0. The maximum absolute atomic E-state index is 10.7. The number of hydrogen-bond donors (Lipinski definition) is 3. The van der Waals surface area contributed by atoms with E-state index in [0.29, 0.717) is 18.0 Å². The van der Waals surface area contributed by atoms with Gasteiger partial charge in [0, 0.05) is 18.1 Å². The predicted octanol–water partition coefficient (Wildman–Crippen LogP) is 4.07. The van der Waals surface area contributed by atoms with Crippen LogP contribution in [-0.2, 0) is 0 Å². The highest BCUT2D eigenvalue weighted by Crippen LogP contribution is 2.39. The quantitative estimate of drug-likeness (QED) is 0.750. The van der Waals surface area contributed by atoms with Gasteiger partial charge in [-0.2, -0.15) is 0 Å². The maximum Gasteiger partial charge on any atom is 0.404 e. The van der Waals surface area contributed by atoms with Gasteiger partial charge in [-0.1, -0.05) is 42.0 Å². The molecule has 0 aromatic heterocycles. The minimum absolute atomic E-state index is 0. The Morgan fingerprint density at radius 1 is 1.12 bits per heavy atom. The minimum atomic E-state index is -0.898. The lowest BCUT2D eigenvalue weighted by Crippen LogP contribution is -2.42. The van der Waals surface area contributed by atoms with E-state index in [1.54, 1.807) is 0 Å². The van der Waals surface area contributed by atoms with E-state index in [1.165, 1.54) is 17.6 Å². The molecule has 24 heavy (non-hydrogen) atoms. The van der Waals surface area contributed by atoms with Crippen LogP contribution in [0.2, 0.25) is 0 Å². The van der Waals surface area contributed by atoms with Crippen LogP contribution in [0.3, 0.4) is 0 Å². The van der Waals surface area contributed by atoms with Gasteiger partial charge in [-0.3, -0.25) is 0 Å². The fourth-order valence-corrected chi connectivity index (χ4v) is 3.68.